The summed E-state index contributed by atoms with van der Waals surface area (Å²) in [5, 5.41) is 19.4. The Morgan fingerprint density at radius 2 is 1.60 bits per heavy atom. The molecule has 0 radical (unpaired) electrons. The molecule has 3 nitrogen and oxygen atoms in total. The van der Waals surface area contributed by atoms with Crippen molar-refractivity contribution in [3.05, 3.63) is 0 Å². The molecule has 2 N–H and O–H groups in total. The highest BCUT2D eigenvalue weighted by molar-refractivity contribution is 4.87. The van der Waals surface area contributed by atoms with Crippen molar-refractivity contribution in [3.8, 4) is 0 Å². The molecule has 3 heteroatoms. The molecular formula is C12H26O3. The Morgan fingerprint density at radius 3 is 1.87 bits per heavy atom. The maximum absolute atomic E-state index is 9.69. The molecule has 0 saturated heterocycles. The lowest BCUT2D eigenvalue weighted by molar-refractivity contribution is -0.254. The van der Waals surface area contributed by atoms with Gasteiger partial charge in [-0.2, -0.15) is 0 Å². The molecule has 0 spiro atoms. The molecule has 0 aromatic heterocycles. The lowest BCUT2D eigenvalue weighted by Gasteiger charge is -2.41. The first-order valence-corrected chi connectivity index (χ1v) is 5.69. The first-order chi connectivity index (χ1) is 6.63. The average molecular weight is 218 g/mol. The molecule has 0 aliphatic heterocycles. The van der Waals surface area contributed by atoms with Gasteiger partial charge in [0.05, 0.1) is 6.10 Å². The minimum atomic E-state index is -1.72. The van der Waals surface area contributed by atoms with Gasteiger partial charge in [0.2, 0.25) is 0 Å². The molecule has 1 unspecified atom stereocenters. The van der Waals surface area contributed by atoms with Crippen LogP contribution in [0.25, 0.3) is 0 Å². The summed E-state index contributed by atoms with van der Waals surface area (Å²) in [4.78, 5) is 0. The van der Waals surface area contributed by atoms with E-state index in [1.807, 2.05) is 20.8 Å². The lowest BCUT2D eigenvalue weighted by Crippen LogP contribution is -2.50. The fourth-order valence-electron chi connectivity index (χ4n) is 1.45. The topological polar surface area (TPSA) is 49.7 Å². The molecule has 0 saturated carbocycles. The summed E-state index contributed by atoms with van der Waals surface area (Å²) < 4.78 is 5.72. The van der Waals surface area contributed by atoms with Crippen LogP contribution in [0.2, 0.25) is 0 Å². The van der Waals surface area contributed by atoms with Gasteiger partial charge in [0.15, 0.2) is 5.79 Å². The van der Waals surface area contributed by atoms with E-state index in [9.17, 15) is 10.2 Å². The standard InChI is InChI=1S/C12H26O3/c1-7-10(15-8-9(2)3)11(4,5)12(6,13)14/h9-10,13-14H,7-8H2,1-6H3. The average Bonchev–Trinajstić information content (AvgIpc) is 2.02. The number of hydrogen-bond acceptors (Lipinski definition) is 3. The Labute approximate surface area is 93.5 Å². The van der Waals surface area contributed by atoms with Crippen LogP contribution in [-0.4, -0.2) is 28.7 Å². The van der Waals surface area contributed by atoms with Gasteiger partial charge < -0.3 is 14.9 Å². The van der Waals surface area contributed by atoms with Crippen molar-refractivity contribution < 1.29 is 14.9 Å². The van der Waals surface area contributed by atoms with Crippen molar-refractivity contribution in [1.29, 1.82) is 0 Å². The molecule has 0 rings (SSSR count). The van der Waals surface area contributed by atoms with E-state index in [2.05, 4.69) is 13.8 Å². The zero-order chi connectivity index (χ0) is 12.3. The summed E-state index contributed by atoms with van der Waals surface area (Å²) in [5.41, 5.74) is -0.670. The summed E-state index contributed by atoms with van der Waals surface area (Å²) in [7, 11) is 0. The second kappa shape index (κ2) is 5.28. The van der Waals surface area contributed by atoms with E-state index in [4.69, 9.17) is 4.74 Å². The minimum absolute atomic E-state index is 0.139. The molecule has 0 aliphatic carbocycles. The SMILES string of the molecule is CCC(OCC(C)C)C(C)(C)C(C)(O)O. The Bertz CT molecular complexity index is 180. The fourth-order valence-corrected chi connectivity index (χ4v) is 1.45. The zero-order valence-corrected chi connectivity index (χ0v) is 10.9. The van der Waals surface area contributed by atoms with Crippen molar-refractivity contribution in [3.63, 3.8) is 0 Å². The lowest BCUT2D eigenvalue weighted by atomic mass is 9.77. The van der Waals surface area contributed by atoms with E-state index in [-0.39, 0.29) is 6.10 Å². The molecule has 92 valence electrons. The van der Waals surface area contributed by atoms with Crippen molar-refractivity contribution in [1.82, 2.24) is 0 Å². The number of aliphatic hydroxyl groups is 2. The van der Waals surface area contributed by atoms with Crippen LogP contribution >= 0.6 is 0 Å². The van der Waals surface area contributed by atoms with Crippen LogP contribution in [0.4, 0.5) is 0 Å². The Balaban J connectivity index is 4.52. The summed E-state index contributed by atoms with van der Waals surface area (Å²) in [6.45, 7) is 11.9. The molecule has 0 aliphatic rings. The molecule has 0 aromatic rings. The number of ether oxygens (including phenoxy) is 1. The van der Waals surface area contributed by atoms with Gasteiger partial charge in [0.25, 0.3) is 0 Å². The molecule has 0 amide bonds. The zero-order valence-electron chi connectivity index (χ0n) is 10.9. The van der Waals surface area contributed by atoms with E-state index < -0.39 is 11.2 Å². The van der Waals surface area contributed by atoms with Crippen LogP contribution in [0.15, 0.2) is 0 Å². The highest BCUT2D eigenvalue weighted by Gasteiger charge is 2.44. The molecule has 15 heavy (non-hydrogen) atoms. The molecular weight excluding hydrogens is 192 g/mol. The third-order valence-electron chi connectivity index (χ3n) is 3.03. The second-order valence-electron chi connectivity index (χ2n) is 5.37. The van der Waals surface area contributed by atoms with Crippen LogP contribution in [0.3, 0.4) is 0 Å². The van der Waals surface area contributed by atoms with Gasteiger partial charge in [-0.15, -0.1) is 0 Å². The quantitative estimate of drug-likeness (QED) is 0.672. The maximum atomic E-state index is 9.69. The van der Waals surface area contributed by atoms with E-state index >= 15 is 0 Å². The molecule has 0 fully saturated rings. The van der Waals surface area contributed by atoms with Crippen LogP contribution in [0, 0.1) is 11.3 Å². The monoisotopic (exact) mass is 218 g/mol. The van der Waals surface area contributed by atoms with Gasteiger partial charge in [-0.3, -0.25) is 0 Å². The normalized spacial score (nSPS) is 15.8. The van der Waals surface area contributed by atoms with Gasteiger partial charge in [-0.1, -0.05) is 34.6 Å². The van der Waals surface area contributed by atoms with Gasteiger partial charge in [-0.05, 0) is 19.3 Å². The van der Waals surface area contributed by atoms with Gasteiger partial charge >= 0.3 is 0 Å². The Morgan fingerprint density at radius 1 is 1.13 bits per heavy atom. The third-order valence-corrected chi connectivity index (χ3v) is 3.03. The number of rotatable bonds is 6. The second-order valence-corrected chi connectivity index (χ2v) is 5.37. The van der Waals surface area contributed by atoms with Crippen molar-refractivity contribution in [2.24, 2.45) is 11.3 Å². The third kappa shape index (κ3) is 4.09. The van der Waals surface area contributed by atoms with Gasteiger partial charge in [0, 0.05) is 12.0 Å². The van der Waals surface area contributed by atoms with Crippen LogP contribution in [-0.2, 0) is 4.74 Å². The summed E-state index contributed by atoms with van der Waals surface area (Å²) in [6.07, 6.45) is 0.635. The van der Waals surface area contributed by atoms with Gasteiger partial charge in [0.1, 0.15) is 0 Å². The Kier molecular flexibility index (Phi) is 5.24. The summed E-state index contributed by atoms with van der Waals surface area (Å²) >= 11 is 0. The molecule has 1 atom stereocenters. The number of hydrogen-bond donors (Lipinski definition) is 2. The predicted molar refractivity (Wildman–Crippen MR) is 61.5 cm³/mol. The molecule has 0 heterocycles. The fraction of sp³-hybridized carbons (Fsp3) is 1.00. The van der Waals surface area contributed by atoms with Crippen molar-refractivity contribution >= 4 is 0 Å². The van der Waals surface area contributed by atoms with E-state index in [0.29, 0.717) is 12.5 Å². The highest BCUT2D eigenvalue weighted by Crippen LogP contribution is 2.35. The largest absolute Gasteiger partial charge is 0.377 e. The van der Waals surface area contributed by atoms with Crippen LogP contribution in [0.1, 0.15) is 48.0 Å². The first-order valence-electron chi connectivity index (χ1n) is 5.69. The van der Waals surface area contributed by atoms with E-state index in [0.717, 1.165) is 6.42 Å². The maximum Gasteiger partial charge on any atom is 0.167 e. The molecule has 0 aromatic carbocycles. The van der Waals surface area contributed by atoms with E-state index in [1.54, 1.807) is 0 Å². The van der Waals surface area contributed by atoms with Gasteiger partial charge in [-0.25, -0.2) is 0 Å². The van der Waals surface area contributed by atoms with Crippen LogP contribution < -0.4 is 0 Å². The smallest absolute Gasteiger partial charge is 0.167 e. The first kappa shape index (κ1) is 14.9. The summed E-state index contributed by atoms with van der Waals surface area (Å²) in [6, 6.07) is 0. The molecule has 0 bridgehead atoms. The van der Waals surface area contributed by atoms with Crippen LogP contribution in [0.5, 0.6) is 0 Å². The highest BCUT2D eigenvalue weighted by atomic mass is 16.5. The minimum Gasteiger partial charge on any atom is -0.377 e. The predicted octanol–water partition coefficient (Wildman–Crippen LogP) is 2.16. The van der Waals surface area contributed by atoms with E-state index in [1.165, 1.54) is 6.92 Å². The Hall–Kier alpha value is -0.120. The summed E-state index contributed by atoms with van der Waals surface area (Å²) in [5.74, 6) is -1.26. The van der Waals surface area contributed by atoms with Crippen molar-refractivity contribution in [2.75, 3.05) is 6.61 Å². The van der Waals surface area contributed by atoms with Crippen molar-refractivity contribution in [2.45, 2.75) is 59.9 Å².